The fraction of sp³-hybridized carbons (Fsp3) is 0.200. The third-order valence-corrected chi connectivity index (χ3v) is 2.24. The molecule has 0 radical (unpaired) electrons. The lowest BCUT2D eigenvalue weighted by Crippen LogP contribution is -2.24. The molecule has 0 aliphatic carbocycles. The first-order valence-electron chi connectivity index (χ1n) is 4.42. The number of carbonyl (C=O) groups is 2. The Morgan fingerprint density at radius 3 is 2.50 bits per heavy atom. The highest BCUT2D eigenvalue weighted by Gasteiger charge is 2.32. The normalized spacial score (nSPS) is 15.7. The van der Waals surface area contributed by atoms with E-state index < -0.39 is 23.4 Å². The van der Waals surface area contributed by atoms with Crippen LogP contribution < -0.4 is 5.32 Å². The molecule has 1 aromatic carbocycles. The smallest absolute Gasteiger partial charge is 0.325 e. The minimum absolute atomic E-state index is 0.0731. The third-order valence-electron chi connectivity index (χ3n) is 2.24. The highest BCUT2D eigenvalue weighted by atomic mass is 19.4. The first kappa shape index (κ1) is 10.7. The number of fused-ring (bicyclic) bond motifs is 1. The molecule has 1 N–H and O–H groups in total. The van der Waals surface area contributed by atoms with Crippen LogP contribution in [-0.2, 0) is 11.0 Å². The van der Waals surface area contributed by atoms with E-state index in [4.69, 9.17) is 0 Å². The molecule has 84 valence electrons. The van der Waals surface area contributed by atoms with Gasteiger partial charge in [-0.15, -0.1) is 0 Å². The van der Waals surface area contributed by atoms with Crippen molar-refractivity contribution in [3.8, 4) is 0 Å². The number of alkyl halides is 3. The summed E-state index contributed by atoms with van der Waals surface area (Å²) in [5.41, 5.74) is -0.843. The second-order valence-corrected chi connectivity index (χ2v) is 3.41. The zero-order valence-electron chi connectivity index (χ0n) is 7.89. The van der Waals surface area contributed by atoms with E-state index in [0.29, 0.717) is 0 Å². The van der Waals surface area contributed by atoms with Crippen molar-refractivity contribution in [3.63, 3.8) is 0 Å². The fourth-order valence-electron chi connectivity index (χ4n) is 1.50. The van der Waals surface area contributed by atoms with Crippen molar-refractivity contribution < 1.29 is 22.8 Å². The molecule has 1 aromatic rings. The number of benzene rings is 1. The van der Waals surface area contributed by atoms with Crippen molar-refractivity contribution in [2.45, 2.75) is 12.6 Å². The van der Waals surface area contributed by atoms with E-state index in [1.165, 1.54) is 0 Å². The number of carbonyl (C=O) groups excluding carboxylic acids is 2. The fourth-order valence-corrected chi connectivity index (χ4v) is 1.50. The van der Waals surface area contributed by atoms with Crippen molar-refractivity contribution in [3.05, 3.63) is 29.3 Å². The van der Waals surface area contributed by atoms with Gasteiger partial charge < -0.3 is 5.32 Å². The van der Waals surface area contributed by atoms with Crippen molar-refractivity contribution in [1.29, 1.82) is 0 Å². The van der Waals surface area contributed by atoms with Crippen molar-refractivity contribution in [1.82, 2.24) is 0 Å². The first-order chi connectivity index (χ1) is 7.38. The van der Waals surface area contributed by atoms with Gasteiger partial charge in [-0.1, -0.05) is 0 Å². The van der Waals surface area contributed by atoms with Gasteiger partial charge in [-0.05, 0) is 18.2 Å². The van der Waals surface area contributed by atoms with E-state index in [2.05, 4.69) is 5.32 Å². The molecule has 0 bridgehead atoms. The van der Waals surface area contributed by atoms with E-state index in [0.717, 1.165) is 18.2 Å². The lowest BCUT2D eigenvalue weighted by molar-refractivity contribution is -0.137. The molecule has 0 aromatic heterocycles. The summed E-state index contributed by atoms with van der Waals surface area (Å²) in [4.78, 5) is 22.3. The highest BCUT2D eigenvalue weighted by Crippen LogP contribution is 2.33. The Labute approximate surface area is 88.3 Å². The average molecular weight is 229 g/mol. The minimum Gasteiger partial charge on any atom is -0.325 e. The molecule has 3 nitrogen and oxygen atoms in total. The number of hydrogen-bond acceptors (Lipinski definition) is 2. The van der Waals surface area contributed by atoms with Crippen LogP contribution >= 0.6 is 0 Å². The molecule has 0 unspecified atom stereocenters. The van der Waals surface area contributed by atoms with Gasteiger partial charge in [0.05, 0.1) is 17.7 Å². The number of rotatable bonds is 0. The van der Waals surface area contributed by atoms with Gasteiger partial charge in [0, 0.05) is 5.56 Å². The highest BCUT2D eigenvalue weighted by molar-refractivity contribution is 6.18. The van der Waals surface area contributed by atoms with Crippen LogP contribution in [0.4, 0.5) is 18.9 Å². The molecule has 0 saturated carbocycles. The summed E-state index contributed by atoms with van der Waals surface area (Å²) in [6, 6.07) is 2.68. The van der Waals surface area contributed by atoms with Gasteiger partial charge in [0.1, 0.15) is 0 Å². The van der Waals surface area contributed by atoms with Gasteiger partial charge in [0.2, 0.25) is 5.91 Å². The largest absolute Gasteiger partial charge is 0.416 e. The minimum atomic E-state index is -4.49. The molecule has 0 saturated heterocycles. The lowest BCUT2D eigenvalue weighted by Gasteiger charge is -2.17. The monoisotopic (exact) mass is 229 g/mol. The second kappa shape index (κ2) is 3.33. The maximum absolute atomic E-state index is 12.4. The zero-order valence-corrected chi connectivity index (χ0v) is 7.89. The maximum atomic E-state index is 12.4. The molecule has 2 rings (SSSR count). The molecule has 1 heterocycles. The molecular weight excluding hydrogens is 223 g/mol. The summed E-state index contributed by atoms with van der Waals surface area (Å²) in [6.45, 7) is 0. The Morgan fingerprint density at radius 2 is 1.88 bits per heavy atom. The summed E-state index contributed by atoms with van der Waals surface area (Å²) in [6.07, 6.45) is -4.81. The molecule has 1 amide bonds. The SMILES string of the molecule is O=C1CC(=O)c2ccc(C(F)(F)F)cc2N1. The maximum Gasteiger partial charge on any atom is 0.416 e. The Morgan fingerprint density at radius 1 is 1.19 bits per heavy atom. The Hall–Kier alpha value is -1.85. The van der Waals surface area contributed by atoms with Gasteiger partial charge in [-0.3, -0.25) is 9.59 Å². The van der Waals surface area contributed by atoms with Crippen molar-refractivity contribution in [2.75, 3.05) is 5.32 Å². The number of halogens is 3. The van der Waals surface area contributed by atoms with E-state index in [9.17, 15) is 22.8 Å². The molecule has 0 fully saturated rings. The lowest BCUT2D eigenvalue weighted by atomic mass is 9.99. The molecule has 6 heteroatoms. The van der Waals surface area contributed by atoms with Crippen LogP contribution in [-0.4, -0.2) is 11.7 Å². The van der Waals surface area contributed by atoms with Crippen molar-refractivity contribution >= 4 is 17.4 Å². The number of amides is 1. The molecule has 1 aliphatic rings. The van der Waals surface area contributed by atoms with Crippen molar-refractivity contribution in [2.24, 2.45) is 0 Å². The number of Topliss-reactive ketones (excluding diaryl/α,β-unsaturated/α-hetero) is 1. The third kappa shape index (κ3) is 1.78. The Bertz CT molecular complexity index is 479. The Kier molecular flexibility index (Phi) is 2.22. The number of ketones is 1. The quantitative estimate of drug-likeness (QED) is 0.693. The Balaban J connectivity index is 2.50. The van der Waals surface area contributed by atoms with Crippen LogP contribution in [0.3, 0.4) is 0 Å². The standard InChI is InChI=1S/C10H6F3NO2/c11-10(12,13)5-1-2-6-7(3-5)14-9(16)4-8(6)15/h1-3H,4H2,(H,14,16). The molecular formula is C10H6F3NO2. The topological polar surface area (TPSA) is 46.2 Å². The number of hydrogen-bond donors (Lipinski definition) is 1. The molecule has 16 heavy (non-hydrogen) atoms. The summed E-state index contributed by atoms with van der Waals surface area (Å²) in [5.74, 6) is -1.05. The van der Waals surface area contributed by atoms with E-state index >= 15 is 0 Å². The molecule has 0 spiro atoms. The van der Waals surface area contributed by atoms with Crippen LogP contribution in [0.15, 0.2) is 18.2 Å². The second-order valence-electron chi connectivity index (χ2n) is 3.41. The first-order valence-corrected chi connectivity index (χ1v) is 4.42. The van der Waals surface area contributed by atoms with E-state index in [-0.39, 0.29) is 17.7 Å². The van der Waals surface area contributed by atoms with Gasteiger partial charge in [-0.2, -0.15) is 13.2 Å². The molecule has 0 atom stereocenters. The number of anilines is 1. The zero-order chi connectivity index (χ0) is 11.9. The molecule has 1 aliphatic heterocycles. The van der Waals surface area contributed by atoms with E-state index in [1.54, 1.807) is 0 Å². The summed E-state index contributed by atoms with van der Waals surface area (Å²) >= 11 is 0. The predicted octanol–water partition coefficient (Wildman–Crippen LogP) is 2.23. The van der Waals surface area contributed by atoms with Gasteiger partial charge in [0.25, 0.3) is 0 Å². The van der Waals surface area contributed by atoms with Crippen LogP contribution in [0.2, 0.25) is 0 Å². The van der Waals surface area contributed by atoms with E-state index in [1.807, 2.05) is 0 Å². The average Bonchev–Trinajstić information content (AvgIpc) is 2.15. The summed E-state index contributed by atoms with van der Waals surface area (Å²) in [5, 5.41) is 2.24. The summed E-state index contributed by atoms with van der Waals surface area (Å²) in [7, 11) is 0. The number of nitrogens with one attached hydrogen (secondary N) is 1. The van der Waals surface area contributed by atoms with Gasteiger partial charge in [-0.25, -0.2) is 0 Å². The van der Waals surface area contributed by atoms with Gasteiger partial charge >= 0.3 is 6.18 Å². The van der Waals surface area contributed by atoms with Crippen LogP contribution in [0.25, 0.3) is 0 Å². The summed E-state index contributed by atoms with van der Waals surface area (Å²) < 4.78 is 37.1. The van der Waals surface area contributed by atoms with Crippen LogP contribution in [0.5, 0.6) is 0 Å². The van der Waals surface area contributed by atoms with Gasteiger partial charge in [0.15, 0.2) is 5.78 Å². The van der Waals surface area contributed by atoms with Crippen LogP contribution in [0, 0.1) is 0 Å². The predicted molar refractivity (Wildman–Crippen MR) is 49.0 cm³/mol. The van der Waals surface area contributed by atoms with Crippen LogP contribution in [0.1, 0.15) is 22.3 Å².